The smallest absolute Gasteiger partial charge is 0.313 e. The maximum atomic E-state index is 12.2. The Morgan fingerprint density at radius 2 is 2.00 bits per heavy atom. The van der Waals surface area contributed by atoms with Gasteiger partial charge in [0.15, 0.2) is 0 Å². The second-order valence-electron chi connectivity index (χ2n) is 6.08. The van der Waals surface area contributed by atoms with Crippen LogP contribution in [0.25, 0.3) is 0 Å². The minimum absolute atomic E-state index is 0.256. The molecule has 0 radical (unpaired) electrons. The van der Waals surface area contributed by atoms with Crippen LogP contribution >= 0.6 is 0 Å². The number of hydrogen-bond donors (Lipinski definition) is 1. The molecule has 2 nitrogen and oxygen atoms in total. The molecule has 0 spiro atoms. The molecule has 1 aliphatic carbocycles. The summed E-state index contributed by atoms with van der Waals surface area (Å²) in [6, 6.07) is 1.45. The highest BCUT2D eigenvalue weighted by Gasteiger charge is 2.34. The van der Waals surface area contributed by atoms with Crippen molar-refractivity contribution in [1.82, 2.24) is 10.2 Å². The lowest BCUT2D eigenvalue weighted by Crippen LogP contribution is -2.43. The molecule has 0 amide bonds. The normalized spacial score (nSPS) is 26.1. The van der Waals surface area contributed by atoms with E-state index in [-0.39, 0.29) is 12.5 Å². The monoisotopic (exact) mass is 278 g/mol. The molecule has 0 aromatic rings. The largest absolute Gasteiger partial charge is 0.389 e. The zero-order valence-electron chi connectivity index (χ0n) is 11.7. The predicted octanol–water partition coefficient (Wildman–Crippen LogP) is 3.32. The summed E-state index contributed by atoms with van der Waals surface area (Å²) >= 11 is 0. The maximum absolute atomic E-state index is 12.2. The summed E-state index contributed by atoms with van der Waals surface area (Å²) in [6.45, 7) is 4.19. The highest BCUT2D eigenvalue weighted by Crippen LogP contribution is 2.31. The fourth-order valence-electron chi connectivity index (χ4n) is 3.03. The Morgan fingerprint density at radius 3 is 2.53 bits per heavy atom. The van der Waals surface area contributed by atoms with Crippen molar-refractivity contribution in [1.29, 1.82) is 0 Å². The second-order valence-corrected chi connectivity index (χ2v) is 6.08. The van der Waals surface area contributed by atoms with Gasteiger partial charge >= 0.3 is 6.18 Å². The molecule has 1 N–H and O–H groups in total. The number of nitrogens with one attached hydrogen (secondary N) is 1. The zero-order valence-corrected chi connectivity index (χ0v) is 11.7. The van der Waals surface area contributed by atoms with Gasteiger partial charge in [0.05, 0.1) is 0 Å². The van der Waals surface area contributed by atoms with Gasteiger partial charge in [-0.3, -0.25) is 4.90 Å². The number of alkyl halides is 3. The summed E-state index contributed by atoms with van der Waals surface area (Å²) in [5, 5.41) is 3.48. The first-order valence-electron chi connectivity index (χ1n) is 7.51. The van der Waals surface area contributed by atoms with E-state index >= 15 is 0 Å². The molecular weight excluding hydrogens is 253 g/mol. The van der Waals surface area contributed by atoms with Gasteiger partial charge in [-0.15, -0.1) is 0 Å². The Bertz CT molecular complexity index is 270. The van der Waals surface area contributed by atoms with Crippen molar-refractivity contribution in [3.63, 3.8) is 0 Å². The van der Waals surface area contributed by atoms with E-state index in [9.17, 15) is 13.2 Å². The standard InChI is InChI=1S/C14H25F3N2/c1-11(4-2-8-14(15,16)17)19(13-6-7-13)10-12-5-3-9-18-12/h11-13,18H,2-10H2,1H3. The molecule has 1 saturated carbocycles. The highest BCUT2D eigenvalue weighted by atomic mass is 19.4. The number of halogens is 3. The Labute approximate surface area is 113 Å². The molecule has 0 aromatic carbocycles. The summed E-state index contributed by atoms with van der Waals surface area (Å²) < 4.78 is 36.5. The van der Waals surface area contributed by atoms with Crippen LogP contribution in [0.1, 0.15) is 51.9 Å². The van der Waals surface area contributed by atoms with Gasteiger partial charge in [-0.1, -0.05) is 0 Å². The van der Waals surface area contributed by atoms with E-state index in [1.807, 2.05) is 0 Å². The fraction of sp³-hybridized carbons (Fsp3) is 1.00. The number of hydrogen-bond acceptors (Lipinski definition) is 2. The van der Waals surface area contributed by atoms with Crippen molar-refractivity contribution in [2.45, 2.75) is 76.2 Å². The summed E-state index contributed by atoms with van der Waals surface area (Å²) in [5.41, 5.74) is 0. The van der Waals surface area contributed by atoms with Crippen LogP contribution in [0.4, 0.5) is 13.2 Å². The first-order valence-corrected chi connectivity index (χ1v) is 7.51. The third-order valence-electron chi connectivity index (χ3n) is 4.26. The van der Waals surface area contributed by atoms with Gasteiger partial charge in [-0.25, -0.2) is 0 Å². The molecule has 2 fully saturated rings. The summed E-state index contributed by atoms with van der Waals surface area (Å²) in [4.78, 5) is 2.44. The van der Waals surface area contributed by atoms with Crippen LogP contribution in [-0.4, -0.2) is 42.3 Å². The number of rotatable bonds is 7. The van der Waals surface area contributed by atoms with Crippen LogP contribution in [0.5, 0.6) is 0 Å². The predicted molar refractivity (Wildman–Crippen MR) is 70.1 cm³/mol. The lowest BCUT2D eigenvalue weighted by molar-refractivity contribution is -0.136. The van der Waals surface area contributed by atoms with E-state index in [4.69, 9.17) is 0 Å². The lowest BCUT2D eigenvalue weighted by atomic mass is 10.1. The van der Waals surface area contributed by atoms with Gasteiger partial charge in [0.2, 0.25) is 0 Å². The lowest BCUT2D eigenvalue weighted by Gasteiger charge is -2.31. The molecular formula is C14H25F3N2. The quantitative estimate of drug-likeness (QED) is 0.768. The Morgan fingerprint density at radius 1 is 1.26 bits per heavy atom. The van der Waals surface area contributed by atoms with E-state index in [1.165, 1.54) is 25.7 Å². The average Bonchev–Trinajstić information content (AvgIpc) is 3.01. The van der Waals surface area contributed by atoms with Crippen LogP contribution in [0, 0.1) is 0 Å². The topological polar surface area (TPSA) is 15.3 Å². The average molecular weight is 278 g/mol. The Balaban J connectivity index is 1.74. The van der Waals surface area contributed by atoms with Crippen molar-refractivity contribution < 1.29 is 13.2 Å². The van der Waals surface area contributed by atoms with Gasteiger partial charge in [-0.05, 0) is 52.0 Å². The van der Waals surface area contributed by atoms with Gasteiger partial charge < -0.3 is 5.32 Å². The molecule has 19 heavy (non-hydrogen) atoms. The molecule has 2 aliphatic rings. The van der Waals surface area contributed by atoms with Gasteiger partial charge in [-0.2, -0.15) is 13.2 Å². The van der Waals surface area contributed by atoms with Crippen molar-refractivity contribution in [3.8, 4) is 0 Å². The minimum atomic E-state index is -4.00. The summed E-state index contributed by atoms with van der Waals surface area (Å²) in [5.74, 6) is 0. The van der Waals surface area contributed by atoms with Crippen molar-refractivity contribution in [2.75, 3.05) is 13.1 Å². The Kier molecular flexibility index (Phi) is 5.12. The molecule has 2 atom stereocenters. The van der Waals surface area contributed by atoms with E-state index in [2.05, 4.69) is 17.1 Å². The third-order valence-corrected chi connectivity index (χ3v) is 4.26. The molecule has 1 heterocycles. The number of nitrogens with zero attached hydrogens (tertiary/aromatic N) is 1. The summed E-state index contributed by atoms with van der Waals surface area (Å²) in [7, 11) is 0. The van der Waals surface area contributed by atoms with Crippen LogP contribution < -0.4 is 5.32 Å². The van der Waals surface area contributed by atoms with Gasteiger partial charge in [0.1, 0.15) is 0 Å². The Hall–Kier alpha value is -0.290. The van der Waals surface area contributed by atoms with E-state index < -0.39 is 12.6 Å². The summed E-state index contributed by atoms with van der Waals surface area (Å²) in [6.07, 6.45) is 1.14. The first kappa shape index (κ1) is 15.1. The molecule has 1 aliphatic heterocycles. The van der Waals surface area contributed by atoms with Crippen molar-refractivity contribution in [2.24, 2.45) is 0 Å². The zero-order chi connectivity index (χ0) is 13.9. The van der Waals surface area contributed by atoms with E-state index in [0.717, 1.165) is 13.1 Å². The van der Waals surface area contributed by atoms with Gasteiger partial charge in [0, 0.05) is 31.1 Å². The molecule has 5 heteroatoms. The third kappa shape index (κ3) is 5.30. The SMILES string of the molecule is CC(CCCC(F)(F)F)N(CC1CCCN1)C1CC1. The van der Waals surface area contributed by atoms with Crippen molar-refractivity contribution >= 4 is 0 Å². The van der Waals surface area contributed by atoms with E-state index in [1.54, 1.807) is 0 Å². The van der Waals surface area contributed by atoms with Crippen LogP contribution in [0.15, 0.2) is 0 Å². The molecule has 1 saturated heterocycles. The van der Waals surface area contributed by atoms with Crippen LogP contribution in [0.2, 0.25) is 0 Å². The minimum Gasteiger partial charge on any atom is -0.313 e. The highest BCUT2D eigenvalue weighted by molar-refractivity contribution is 4.91. The van der Waals surface area contributed by atoms with E-state index in [0.29, 0.717) is 18.5 Å². The van der Waals surface area contributed by atoms with Gasteiger partial charge in [0.25, 0.3) is 0 Å². The fourth-order valence-corrected chi connectivity index (χ4v) is 3.03. The molecule has 112 valence electrons. The molecule has 2 rings (SSSR count). The molecule has 0 bridgehead atoms. The maximum Gasteiger partial charge on any atom is 0.389 e. The van der Waals surface area contributed by atoms with Crippen LogP contribution in [0.3, 0.4) is 0 Å². The second kappa shape index (κ2) is 6.44. The van der Waals surface area contributed by atoms with Crippen molar-refractivity contribution in [3.05, 3.63) is 0 Å². The van der Waals surface area contributed by atoms with Crippen LogP contribution in [-0.2, 0) is 0 Å². The first-order chi connectivity index (χ1) is 8.96. The molecule has 2 unspecified atom stereocenters. The molecule has 0 aromatic heterocycles.